The van der Waals surface area contributed by atoms with Crippen LogP contribution >= 0.6 is 0 Å². The Morgan fingerprint density at radius 1 is 1.10 bits per heavy atom. The monoisotopic (exact) mass is 281 g/mol. The highest BCUT2D eigenvalue weighted by atomic mass is 16.5. The van der Waals surface area contributed by atoms with Crippen LogP contribution in [0.15, 0.2) is 24.3 Å². The molecule has 4 nitrogen and oxygen atoms in total. The molecule has 0 aliphatic carbocycles. The van der Waals surface area contributed by atoms with Crippen LogP contribution < -0.4 is 4.74 Å². The molecule has 0 unspecified atom stereocenters. The predicted octanol–water partition coefficient (Wildman–Crippen LogP) is 3.29. The van der Waals surface area contributed by atoms with Gasteiger partial charge < -0.3 is 4.74 Å². The van der Waals surface area contributed by atoms with Crippen molar-refractivity contribution in [1.29, 1.82) is 5.26 Å². The summed E-state index contributed by atoms with van der Waals surface area (Å²) in [6.45, 7) is 6.49. The molecule has 0 bridgehead atoms. The van der Waals surface area contributed by atoms with Crippen molar-refractivity contribution in [3.63, 3.8) is 0 Å². The van der Waals surface area contributed by atoms with Crippen molar-refractivity contribution in [2.75, 3.05) is 6.61 Å². The second kappa shape index (κ2) is 6.85. The highest BCUT2D eigenvalue weighted by Gasteiger charge is 2.06. The van der Waals surface area contributed by atoms with E-state index < -0.39 is 0 Å². The van der Waals surface area contributed by atoms with E-state index in [1.807, 2.05) is 45.0 Å². The Balaban J connectivity index is 1.89. The quantitative estimate of drug-likeness (QED) is 0.789. The number of benzene rings is 1. The molecule has 4 heteroatoms. The van der Waals surface area contributed by atoms with Crippen molar-refractivity contribution in [2.24, 2.45) is 0 Å². The number of hydrogen-bond donors (Lipinski definition) is 0. The zero-order valence-electron chi connectivity index (χ0n) is 12.7. The molecule has 2 aromatic rings. The SMILES string of the molecule is Cc1ccc(CCCOc2c(C)cc(C#N)cc2C)nn1. The third-order valence-corrected chi connectivity index (χ3v) is 3.27. The van der Waals surface area contributed by atoms with E-state index in [0.29, 0.717) is 12.2 Å². The molecule has 0 atom stereocenters. The van der Waals surface area contributed by atoms with Crippen molar-refractivity contribution in [1.82, 2.24) is 10.2 Å². The lowest BCUT2D eigenvalue weighted by Crippen LogP contribution is -2.04. The van der Waals surface area contributed by atoms with Crippen LogP contribution in [0.4, 0.5) is 0 Å². The molecule has 0 aliphatic rings. The van der Waals surface area contributed by atoms with Gasteiger partial charge in [-0.2, -0.15) is 15.5 Å². The zero-order valence-corrected chi connectivity index (χ0v) is 12.7. The smallest absolute Gasteiger partial charge is 0.125 e. The van der Waals surface area contributed by atoms with Crippen molar-refractivity contribution in [3.8, 4) is 11.8 Å². The molecule has 21 heavy (non-hydrogen) atoms. The lowest BCUT2D eigenvalue weighted by molar-refractivity contribution is 0.306. The molecule has 0 fully saturated rings. The van der Waals surface area contributed by atoms with Gasteiger partial charge in [0.2, 0.25) is 0 Å². The van der Waals surface area contributed by atoms with E-state index in [1.165, 1.54) is 0 Å². The van der Waals surface area contributed by atoms with Crippen molar-refractivity contribution >= 4 is 0 Å². The Morgan fingerprint density at radius 3 is 2.38 bits per heavy atom. The number of nitriles is 1. The molecular weight excluding hydrogens is 262 g/mol. The van der Waals surface area contributed by atoms with Crippen LogP contribution in [0, 0.1) is 32.1 Å². The van der Waals surface area contributed by atoms with E-state index in [-0.39, 0.29) is 0 Å². The van der Waals surface area contributed by atoms with Gasteiger partial charge in [0, 0.05) is 0 Å². The van der Waals surface area contributed by atoms with E-state index in [0.717, 1.165) is 41.1 Å². The minimum atomic E-state index is 0.628. The second-order valence-electron chi connectivity index (χ2n) is 5.17. The van der Waals surface area contributed by atoms with Gasteiger partial charge in [0.1, 0.15) is 5.75 Å². The first-order chi connectivity index (χ1) is 10.1. The first-order valence-electron chi connectivity index (χ1n) is 7.03. The number of aromatic nitrogens is 2. The maximum Gasteiger partial charge on any atom is 0.125 e. The van der Waals surface area contributed by atoms with Crippen LogP contribution in [-0.2, 0) is 6.42 Å². The molecular formula is C17H19N3O. The highest BCUT2D eigenvalue weighted by molar-refractivity contribution is 5.47. The van der Waals surface area contributed by atoms with Gasteiger partial charge in [-0.25, -0.2) is 0 Å². The lowest BCUT2D eigenvalue weighted by atomic mass is 10.1. The molecule has 1 aromatic carbocycles. The molecule has 1 heterocycles. The molecule has 0 aliphatic heterocycles. The molecule has 0 amide bonds. The molecule has 0 saturated carbocycles. The average molecular weight is 281 g/mol. The van der Waals surface area contributed by atoms with E-state index in [1.54, 1.807) is 0 Å². The summed E-state index contributed by atoms with van der Waals surface area (Å²) in [5, 5.41) is 17.1. The Kier molecular flexibility index (Phi) is 4.89. The summed E-state index contributed by atoms with van der Waals surface area (Å²) >= 11 is 0. The number of aryl methyl sites for hydroxylation is 4. The highest BCUT2D eigenvalue weighted by Crippen LogP contribution is 2.24. The fourth-order valence-corrected chi connectivity index (χ4v) is 2.23. The van der Waals surface area contributed by atoms with Gasteiger partial charge >= 0.3 is 0 Å². The fourth-order valence-electron chi connectivity index (χ4n) is 2.23. The standard InChI is InChI=1S/C17H19N3O/c1-12-9-15(11-18)10-13(2)17(12)21-8-4-5-16-7-6-14(3)19-20-16/h6-7,9-10H,4-5,8H2,1-3H3. The van der Waals surface area contributed by atoms with Crippen molar-refractivity contribution < 1.29 is 4.74 Å². The molecule has 0 spiro atoms. The first kappa shape index (κ1) is 15.0. The largest absolute Gasteiger partial charge is 0.493 e. The van der Waals surface area contributed by atoms with Gasteiger partial charge in [-0.3, -0.25) is 0 Å². The lowest BCUT2D eigenvalue weighted by Gasteiger charge is -2.12. The van der Waals surface area contributed by atoms with Gasteiger partial charge in [-0.15, -0.1) is 0 Å². The molecule has 0 radical (unpaired) electrons. The second-order valence-corrected chi connectivity index (χ2v) is 5.17. The number of ether oxygens (including phenoxy) is 1. The van der Waals surface area contributed by atoms with Crippen molar-refractivity contribution in [2.45, 2.75) is 33.6 Å². The van der Waals surface area contributed by atoms with Crippen LogP contribution in [-0.4, -0.2) is 16.8 Å². The first-order valence-corrected chi connectivity index (χ1v) is 7.03. The van der Waals surface area contributed by atoms with E-state index in [4.69, 9.17) is 10.00 Å². The Bertz CT molecular complexity index is 634. The van der Waals surface area contributed by atoms with Gasteiger partial charge in [-0.05, 0) is 69.0 Å². The fraction of sp³-hybridized carbons (Fsp3) is 0.353. The van der Waals surface area contributed by atoms with E-state index >= 15 is 0 Å². The van der Waals surface area contributed by atoms with Gasteiger partial charge in [-0.1, -0.05) is 0 Å². The summed E-state index contributed by atoms with van der Waals surface area (Å²) in [5.41, 5.74) is 4.59. The number of hydrogen-bond acceptors (Lipinski definition) is 4. The average Bonchev–Trinajstić information content (AvgIpc) is 2.47. The Hall–Kier alpha value is -2.41. The summed E-state index contributed by atoms with van der Waals surface area (Å²) in [6.07, 6.45) is 1.73. The summed E-state index contributed by atoms with van der Waals surface area (Å²) in [4.78, 5) is 0. The van der Waals surface area contributed by atoms with Gasteiger partial charge in [0.15, 0.2) is 0 Å². The molecule has 2 rings (SSSR count). The van der Waals surface area contributed by atoms with Crippen LogP contribution in [0.5, 0.6) is 5.75 Å². The number of rotatable bonds is 5. The summed E-state index contributed by atoms with van der Waals surface area (Å²) in [6, 6.07) is 9.84. The molecule has 1 aromatic heterocycles. The van der Waals surface area contributed by atoms with Crippen molar-refractivity contribution in [3.05, 3.63) is 52.3 Å². The minimum absolute atomic E-state index is 0.628. The Labute approximate surface area is 125 Å². The maximum atomic E-state index is 8.93. The third-order valence-electron chi connectivity index (χ3n) is 3.27. The third kappa shape index (κ3) is 4.03. The van der Waals surface area contributed by atoms with Gasteiger partial charge in [0.05, 0.1) is 29.6 Å². The van der Waals surface area contributed by atoms with E-state index in [2.05, 4.69) is 16.3 Å². The van der Waals surface area contributed by atoms with Crippen LogP contribution in [0.3, 0.4) is 0 Å². The molecule has 0 N–H and O–H groups in total. The molecule has 108 valence electrons. The van der Waals surface area contributed by atoms with Crippen LogP contribution in [0.1, 0.15) is 34.5 Å². The van der Waals surface area contributed by atoms with Crippen LogP contribution in [0.2, 0.25) is 0 Å². The summed E-state index contributed by atoms with van der Waals surface area (Å²) in [5.74, 6) is 0.879. The predicted molar refractivity (Wildman–Crippen MR) is 81.2 cm³/mol. The topological polar surface area (TPSA) is 58.8 Å². The maximum absolute atomic E-state index is 8.93. The van der Waals surface area contributed by atoms with Gasteiger partial charge in [0.25, 0.3) is 0 Å². The minimum Gasteiger partial charge on any atom is -0.493 e. The molecule has 0 saturated heterocycles. The normalized spacial score (nSPS) is 10.2. The summed E-state index contributed by atoms with van der Waals surface area (Å²) in [7, 11) is 0. The Morgan fingerprint density at radius 2 is 1.81 bits per heavy atom. The zero-order chi connectivity index (χ0) is 15.2. The summed E-state index contributed by atoms with van der Waals surface area (Å²) < 4.78 is 5.85. The van der Waals surface area contributed by atoms with E-state index in [9.17, 15) is 0 Å². The number of nitrogens with zero attached hydrogens (tertiary/aromatic N) is 3. The van der Waals surface area contributed by atoms with Crippen LogP contribution in [0.25, 0.3) is 0 Å².